The van der Waals surface area contributed by atoms with Crippen LogP contribution in [-0.2, 0) is 6.54 Å². The van der Waals surface area contributed by atoms with E-state index in [9.17, 15) is 0 Å². The predicted molar refractivity (Wildman–Crippen MR) is 67.6 cm³/mol. The molecule has 0 spiro atoms. The molecule has 4 nitrogen and oxygen atoms in total. The first-order chi connectivity index (χ1) is 7.49. The third-order valence-electron chi connectivity index (χ3n) is 2.15. The SMILES string of the molecule is Cc1cc(CNCC(C)C)nc(N(C)C)n1. The Balaban J connectivity index is 2.65. The quantitative estimate of drug-likeness (QED) is 0.821. The first-order valence-corrected chi connectivity index (χ1v) is 5.71. The van der Waals surface area contributed by atoms with Crippen molar-refractivity contribution < 1.29 is 0 Å². The number of rotatable bonds is 5. The van der Waals surface area contributed by atoms with Gasteiger partial charge in [-0.3, -0.25) is 0 Å². The van der Waals surface area contributed by atoms with Gasteiger partial charge in [-0.25, -0.2) is 9.97 Å². The van der Waals surface area contributed by atoms with Crippen LogP contribution in [0.15, 0.2) is 6.07 Å². The molecule has 0 saturated carbocycles. The fraction of sp³-hybridized carbons (Fsp3) is 0.667. The average molecular weight is 222 g/mol. The molecule has 0 fully saturated rings. The maximum Gasteiger partial charge on any atom is 0.225 e. The molecule has 1 N–H and O–H groups in total. The normalized spacial score (nSPS) is 10.9. The van der Waals surface area contributed by atoms with Crippen molar-refractivity contribution in [2.75, 3.05) is 25.5 Å². The zero-order valence-corrected chi connectivity index (χ0v) is 10.9. The highest BCUT2D eigenvalue weighted by atomic mass is 15.2. The molecule has 0 aromatic carbocycles. The van der Waals surface area contributed by atoms with Crippen LogP contribution in [0, 0.1) is 12.8 Å². The van der Waals surface area contributed by atoms with Crippen molar-refractivity contribution in [3.63, 3.8) is 0 Å². The lowest BCUT2D eigenvalue weighted by Crippen LogP contribution is -2.21. The van der Waals surface area contributed by atoms with Gasteiger partial charge in [0.2, 0.25) is 5.95 Å². The summed E-state index contributed by atoms with van der Waals surface area (Å²) in [7, 11) is 3.92. The van der Waals surface area contributed by atoms with E-state index in [-0.39, 0.29) is 0 Å². The highest BCUT2D eigenvalue weighted by Crippen LogP contribution is 2.07. The third-order valence-corrected chi connectivity index (χ3v) is 2.15. The summed E-state index contributed by atoms with van der Waals surface area (Å²) in [5.41, 5.74) is 2.07. The van der Waals surface area contributed by atoms with E-state index in [0.29, 0.717) is 5.92 Å². The van der Waals surface area contributed by atoms with E-state index in [2.05, 4.69) is 29.1 Å². The lowest BCUT2D eigenvalue weighted by atomic mass is 10.2. The van der Waals surface area contributed by atoms with Crippen LogP contribution >= 0.6 is 0 Å². The van der Waals surface area contributed by atoms with Gasteiger partial charge < -0.3 is 10.2 Å². The molecule has 0 unspecified atom stereocenters. The maximum atomic E-state index is 4.48. The zero-order valence-electron chi connectivity index (χ0n) is 10.9. The van der Waals surface area contributed by atoms with Gasteiger partial charge in [-0.2, -0.15) is 0 Å². The Bertz CT molecular complexity index is 334. The van der Waals surface area contributed by atoms with Crippen LogP contribution in [0.2, 0.25) is 0 Å². The molecule has 0 aliphatic rings. The van der Waals surface area contributed by atoms with Crippen molar-refractivity contribution in [3.8, 4) is 0 Å². The second-order valence-corrected chi connectivity index (χ2v) is 4.72. The van der Waals surface area contributed by atoms with Crippen LogP contribution < -0.4 is 10.2 Å². The molecule has 0 bridgehead atoms. The molecule has 16 heavy (non-hydrogen) atoms. The van der Waals surface area contributed by atoms with Gasteiger partial charge in [0.25, 0.3) is 0 Å². The van der Waals surface area contributed by atoms with Crippen LogP contribution in [0.1, 0.15) is 25.2 Å². The van der Waals surface area contributed by atoms with Crippen LogP contribution in [0.25, 0.3) is 0 Å². The molecule has 1 heterocycles. The fourth-order valence-electron chi connectivity index (χ4n) is 1.40. The smallest absolute Gasteiger partial charge is 0.225 e. The van der Waals surface area contributed by atoms with Crippen molar-refractivity contribution in [2.24, 2.45) is 5.92 Å². The average Bonchev–Trinajstić information content (AvgIpc) is 2.16. The van der Waals surface area contributed by atoms with Gasteiger partial charge in [0.15, 0.2) is 0 Å². The summed E-state index contributed by atoms with van der Waals surface area (Å²) >= 11 is 0. The van der Waals surface area contributed by atoms with Crippen molar-refractivity contribution in [2.45, 2.75) is 27.3 Å². The fourth-order valence-corrected chi connectivity index (χ4v) is 1.40. The Morgan fingerprint density at radius 2 is 2.00 bits per heavy atom. The van der Waals surface area contributed by atoms with Crippen molar-refractivity contribution in [1.82, 2.24) is 15.3 Å². The van der Waals surface area contributed by atoms with Gasteiger partial charge in [0.1, 0.15) is 0 Å². The number of aryl methyl sites for hydroxylation is 1. The lowest BCUT2D eigenvalue weighted by Gasteiger charge is -2.13. The number of hydrogen-bond acceptors (Lipinski definition) is 4. The van der Waals surface area contributed by atoms with Crippen LogP contribution in [0.4, 0.5) is 5.95 Å². The summed E-state index contributed by atoms with van der Waals surface area (Å²) in [5, 5.41) is 3.39. The topological polar surface area (TPSA) is 41.1 Å². The molecule has 1 rings (SSSR count). The molecular weight excluding hydrogens is 200 g/mol. The number of aromatic nitrogens is 2. The molecule has 0 atom stereocenters. The standard InChI is InChI=1S/C12H22N4/c1-9(2)7-13-8-11-6-10(3)14-12(15-11)16(4)5/h6,9,13H,7-8H2,1-5H3. The molecule has 0 amide bonds. The van der Waals surface area contributed by atoms with Gasteiger partial charge in [0.05, 0.1) is 5.69 Å². The van der Waals surface area contributed by atoms with Crippen LogP contribution in [-0.4, -0.2) is 30.6 Å². The second kappa shape index (κ2) is 5.80. The van der Waals surface area contributed by atoms with Crippen molar-refractivity contribution in [3.05, 3.63) is 17.5 Å². The Morgan fingerprint density at radius 1 is 1.31 bits per heavy atom. The first kappa shape index (κ1) is 12.9. The molecule has 90 valence electrons. The molecule has 1 aromatic heterocycles. The summed E-state index contributed by atoms with van der Waals surface area (Å²) in [6.07, 6.45) is 0. The predicted octanol–water partition coefficient (Wildman–Crippen LogP) is 1.60. The monoisotopic (exact) mass is 222 g/mol. The Kier molecular flexibility index (Phi) is 4.68. The minimum atomic E-state index is 0.663. The minimum Gasteiger partial charge on any atom is -0.347 e. The highest BCUT2D eigenvalue weighted by molar-refractivity contribution is 5.29. The molecule has 4 heteroatoms. The summed E-state index contributed by atoms with van der Waals surface area (Å²) in [4.78, 5) is 10.8. The van der Waals surface area contributed by atoms with E-state index in [4.69, 9.17) is 0 Å². The number of nitrogens with zero attached hydrogens (tertiary/aromatic N) is 3. The van der Waals surface area contributed by atoms with E-state index in [1.807, 2.05) is 32.0 Å². The summed E-state index contributed by atoms with van der Waals surface area (Å²) in [5.74, 6) is 1.44. The second-order valence-electron chi connectivity index (χ2n) is 4.72. The van der Waals surface area contributed by atoms with E-state index in [0.717, 1.165) is 30.4 Å². The Morgan fingerprint density at radius 3 is 2.56 bits per heavy atom. The third kappa shape index (κ3) is 4.14. The lowest BCUT2D eigenvalue weighted by molar-refractivity contribution is 0.547. The van der Waals surface area contributed by atoms with Crippen molar-refractivity contribution in [1.29, 1.82) is 0 Å². The van der Waals surface area contributed by atoms with Gasteiger partial charge in [0, 0.05) is 26.3 Å². The highest BCUT2D eigenvalue weighted by Gasteiger charge is 2.03. The zero-order chi connectivity index (χ0) is 12.1. The largest absolute Gasteiger partial charge is 0.347 e. The van der Waals surface area contributed by atoms with Crippen LogP contribution in [0.5, 0.6) is 0 Å². The molecule has 0 radical (unpaired) electrons. The van der Waals surface area contributed by atoms with E-state index < -0.39 is 0 Å². The van der Waals surface area contributed by atoms with Gasteiger partial charge in [-0.1, -0.05) is 13.8 Å². The molecule has 0 aliphatic carbocycles. The Labute approximate surface area is 98.1 Å². The van der Waals surface area contributed by atoms with Crippen molar-refractivity contribution >= 4 is 5.95 Å². The minimum absolute atomic E-state index is 0.663. The molecular formula is C12H22N4. The van der Waals surface area contributed by atoms with Gasteiger partial charge in [-0.05, 0) is 25.5 Å². The van der Waals surface area contributed by atoms with Crippen LogP contribution in [0.3, 0.4) is 0 Å². The number of nitrogens with one attached hydrogen (secondary N) is 1. The van der Waals surface area contributed by atoms with E-state index in [1.54, 1.807) is 0 Å². The first-order valence-electron chi connectivity index (χ1n) is 5.71. The molecule has 0 saturated heterocycles. The van der Waals surface area contributed by atoms with E-state index in [1.165, 1.54) is 0 Å². The number of anilines is 1. The van der Waals surface area contributed by atoms with E-state index >= 15 is 0 Å². The molecule has 0 aliphatic heterocycles. The Hall–Kier alpha value is -1.16. The summed E-state index contributed by atoms with van der Waals surface area (Å²) in [6.45, 7) is 8.22. The maximum absolute atomic E-state index is 4.48. The number of hydrogen-bond donors (Lipinski definition) is 1. The molecule has 1 aromatic rings. The summed E-state index contributed by atoms with van der Waals surface area (Å²) in [6, 6.07) is 2.03. The van der Waals surface area contributed by atoms with Gasteiger partial charge >= 0.3 is 0 Å². The van der Waals surface area contributed by atoms with Gasteiger partial charge in [-0.15, -0.1) is 0 Å². The summed E-state index contributed by atoms with van der Waals surface area (Å²) < 4.78 is 0.